The average Bonchev–Trinajstić information content (AvgIpc) is 2.82. The minimum Gasteiger partial charge on any atom is -0.495 e. The Morgan fingerprint density at radius 3 is 2.42 bits per heavy atom. The topological polar surface area (TPSA) is 78.9 Å². The van der Waals surface area contributed by atoms with Crippen LogP contribution in [0.2, 0.25) is 0 Å². The van der Waals surface area contributed by atoms with Crippen LogP contribution in [0.15, 0.2) is 53.4 Å². The number of nitrogens with one attached hydrogen (secondary N) is 1. The normalized spacial score (nSPS) is 14.8. The Kier molecular flexibility index (Phi) is 7.92. The highest BCUT2D eigenvalue weighted by Crippen LogP contribution is 2.30. The fourth-order valence-electron chi connectivity index (χ4n) is 3.75. The highest BCUT2D eigenvalue weighted by Gasteiger charge is 2.24. The zero-order valence-corrected chi connectivity index (χ0v) is 19.0. The SMILES string of the molecule is COc1ccccc1N(C)S(=O)(=O)c1ccc(C(=O)NCCCN2CCCCC2)cc1. The van der Waals surface area contributed by atoms with E-state index in [1.165, 1.54) is 49.9 Å². The second-order valence-electron chi connectivity index (χ2n) is 7.68. The second kappa shape index (κ2) is 10.6. The molecule has 2 aromatic carbocycles. The number of methoxy groups -OCH3 is 1. The van der Waals surface area contributed by atoms with Crippen molar-refractivity contribution in [2.45, 2.75) is 30.6 Å². The Balaban J connectivity index is 1.58. The zero-order chi connectivity index (χ0) is 22.3. The van der Waals surface area contributed by atoms with Crippen LogP contribution in [0.25, 0.3) is 0 Å². The van der Waals surface area contributed by atoms with Crippen molar-refractivity contribution in [3.63, 3.8) is 0 Å². The molecule has 0 unspecified atom stereocenters. The van der Waals surface area contributed by atoms with Gasteiger partial charge in [0, 0.05) is 19.2 Å². The van der Waals surface area contributed by atoms with Gasteiger partial charge in [0.25, 0.3) is 15.9 Å². The van der Waals surface area contributed by atoms with Crippen molar-refractivity contribution < 1.29 is 17.9 Å². The Morgan fingerprint density at radius 2 is 1.74 bits per heavy atom. The number of benzene rings is 2. The zero-order valence-electron chi connectivity index (χ0n) is 18.2. The molecule has 1 fully saturated rings. The number of amides is 1. The summed E-state index contributed by atoms with van der Waals surface area (Å²) in [5.41, 5.74) is 0.886. The van der Waals surface area contributed by atoms with E-state index in [-0.39, 0.29) is 10.8 Å². The summed E-state index contributed by atoms with van der Waals surface area (Å²) < 4.78 is 32.5. The fourth-order valence-corrected chi connectivity index (χ4v) is 4.95. The molecule has 0 saturated carbocycles. The number of hydrogen-bond acceptors (Lipinski definition) is 5. The van der Waals surface area contributed by atoms with E-state index in [1.54, 1.807) is 36.4 Å². The Morgan fingerprint density at radius 1 is 1.06 bits per heavy atom. The van der Waals surface area contributed by atoms with Crippen LogP contribution in [0.3, 0.4) is 0 Å². The van der Waals surface area contributed by atoms with Gasteiger partial charge >= 0.3 is 0 Å². The Bertz CT molecular complexity index is 971. The molecule has 1 saturated heterocycles. The fraction of sp³-hybridized carbons (Fsp3) is 0.435. The van der Waals surface area contributed by atoms with Crippen molar-refractivity contribution in [2.24, 2.45) is 0 Å². The number of ether oxygens (including phenoxy) is 1. The van der Waals surface area contributed by atoms with Crippen molar-refractivity contribution in [3.05, 3.63) is 54.1 Å². The maximum Gasteiger partial charge on any atom is 0.264 e. The van der Waals surface area contributed by atoms with Crippen LogP contribution in [0.4, 0.5) is 5.69 Å². The molecule has 1 amide bonds. The summed E-state index contributed by atoms with van der Waals surface area (Å²) in [5.74, 6) is 0.273. The molecule has 0 spiro atoms. The van der Waals surface area contributed by atoms with E-state index in [1.807, 2.05) is 0 Å². The van der Waals surface area contributed by atoms with Crippen LogP contribution in [-0.2, 0) is 10.0 Å². The summed E-state index contributed by atoms with van der Waals surface area (Å²) in [6.07, 6.45) is 4.73. The van der Waals surface area contributed by atoms with Crippen LogP contribution in [0.5, 0.6) is 5.75 Å². The first kappa shape index (κ1) is 23.1. The van der Waals surface area contributed by atoms with Gasteiger partial charge in [-0.3, -0.25) is 9.10 Å². The molecule has 1 heterocycles. The number of carbonyl (C=O) groups excluding carboxylic acids is 1. The number of para-hydroxylation sites is 2. The Labute approximate surface area is 185 Å². The molecule has 0 bridgehead atoms. The summed E-state index contributed by atoms with van der Waals surface area (Å²) in [5, 5.41) is 2.92. The number of anilines is 1. The lowest BCUT2D eigenvalue weighted by atomic mass is 10.1. The Hall–Kier alpha value is -2.58. The van der Waals surface area contributed by atoms with E-state index in [0.29, 0.717) is 23.5 Å². The molecular weight excluding hydrogens is 414 g/mol. The van der Waals surface area contributed by atoms with E-state index in [4.69, 9.17) is 4.74 Å². The maximum atomic E-state index is 13.0. The molecule has 1 aliphatic heterocycles. The van der Waals surface area contributed by atoms with Crippen LogP contribution in [-0.4, -0.2) is 59.6 Å². The van der Waals surface area contributed by atoms with Crippen LogP contribution >= 0.6 is 0 Å². The molecule has 31 heavy (non-hydrogen) atoms. The van der Waals surface area contributed by atoms with E-state index in [2.05, 4.69) is 10.2 Å². The lowest BCUT2D eigenvalue weighted by Gasteiger charge is -2.26. The van der Waals surface area contributed by atoms with Gasteiger partial charge in [0.2, 0.25) is 0 Å². The molecule has 168 valence electrons. The molecule has 7 nitrogen and oxygen atoms in total. The van der Waals surface area contributed by atoms with Crippen molar-refractivity contribution in [1.29, 1.82) is 0 Å². The maximum absolute atomic E-state index is 13.0. The molecule has 8 heteroatoms. The first-order valence-corrected chi connectivity index (χ1v) is 12.1. The molecule has 1 N–H and O–H groups in total. The minimum absolute atomic E-state index is 0.113. The summed E-state index contributed by atoms with van der Waals surface area (Å²) in [4.78, 5) is 14.9. The molecule has 3 rings (SSSR count). The van der Waals surface area contributed by atoms with Gasteiger partial charge in [0.1, 0.15) is 5.75 Å². The van der Waals surface area contributed by atoms with E-state index >= 15 is 0 Å². The van der Waals surface area contributed by atoms with Crippen molar-refractivity contribution in [2.75, 3.05) is 44.6 Å². The highest BCUT2D eigenvalue weighted by atomic mass is 32.2. The number of nitrogens with zero attached hydrogens (tertiary/aromatic N) is 2. The smallest absolute Gasteiger partial charge is 0.264 e. The second-order valence-corrected chi connectivity index (χ2v) is 9.65. The number of likely N-dealkylation sites (tertiary alicyclic amines) is 1. The average molecular weight is 446 g/mol. The molecule has 0 aromatic heterocycles. The molecule has 0 atom stereocenters. The van der Waals surface area contributed by atoms with Gasteiger partial charge in [-0.15, -0.1) is 0 Å². The largest absolute Gasteiger partial charge is 0.495 e. The molecule has 2 aromatic rings. The van der Waals surface area contributed by atoms with Gasteiger partial charge in [-0.1, -0.05) is 18.6 Å². The van der Waals surface area contributed by atoms with Crippen molar-refractivity contribution >= 4 is 21.6 Å². The molecule has 0 radical (unpaired) electrons. The van der Waals surface area contributed by atoms with Gasteiger partial charge in [-0.25, -0.2) is 8.42 Å². The summed E-state index contributed by atoms with van der Waals surface area (Å²) >= 11 is 0. The third kappa shape index (κ3) is 5.77. The third-order valence-corrected chi connectivity index (χ3v) is 7.37. The summed E-state index contributed by atoms with van der Waals surface area (Å²) in [6, 6.07) is 12.9. The number of piperidine rings is 1. The standard InChI is InChI=1S/C23H31N3O4S/c1-25(21-9-4-5-10-22(21)30-2)31(28,29)20-13-11-19(12-14-20)23(27)24-15-8-18-26-16-6-3-7-17-26/h4-5,9-14H,3,6-8,15-18H2,1-2H3,(H,24,27). The monoisotopic (exact) mass is 445 g/mol. The van der Waals surface area contributed by atoms with E-state index in [0.717, 1.165) is 26.1 Å². The number of rotatable bonds is 9. The molecular formula is C23H31N3O4S. The number of sulfonamides is 1. The predicted molar refractivity (Wildman–Crippen MR) is 122 cm³/mol. The quantitative estimate of drug-likeness (QED) is 0.600. The van der Waals surface area contributed by atoms with E-state index < -0.39 is 10.0 Å². The van der Waals surface area contributed by atoms with Crippen LogP contribution in [0, 0.1) is 0 Å². The summed E-state index contributed by atoms with van der Waals surface area (Å²) in [6.45, 7) is 3.89. The number of carbonyl (C=O) groups is 1. The van der Waals surface area contributed by atoms with Gasteiger partial charge in [0.15, 0.2) is 0 Å². The lowest BCUT2D eigenvalue weighted by molar-refractivity contribution is 0.0951. The highest BCUT2D eigenvalue weighted by molar-refractivity contribution is 7.92. The first-order chi connectivity index (χ1) is 14.9. The predicted octanol–water partition coefficient (Wildman–Crippen LogP) is 3.13. The van der Waals surface area contributed by atoms with Gasteiger partial charge in [-0.2, -0.15) is 0 Å². The molecule has 1 aliphatic rings. The summed E-state index contributed by atoms with van der Waals surface area (Å²) in [7, 11) is -0.803. The minimum atomic E-state index is -3.78. The van der Waals surface area contributed by atoms with Crippen molar-refractivity contribution in [1.82, 2.24) is 10.2 Å². The van der Waals surface area contributed by atoms with Gasteiger partial charge < -0.3 is 15.0 Å². The number of hydrogen-bond donors (Lipinski definition) is 1. The van der Waals surface area contributed by atoms with Crippen LogP contribution < -0.4 is 14.4 Å². The molecule has 0 aliphatic carbocycles. The first-order valence-electron chi connectivity index (χ1n) is 10.7. The van der Waals surface area contributed by atoms with Crippen molar-refractivity contribution in [3.8, 4) is 5.75 Å². The van der Waals surface area contributed by atoms with Gasteiger partial charge in [-0.05, 0) is 75.3 Å². The lowest BCUT2D eigenvalue weighted by Crippen LogP contribution is -2.33. The van der Waals surface area contributed by atoms with Gasteiger partial charge in [0.05, 0.1) is 17.7 Å². The van der Waals surface area contributed by atoms with Crippen LogP contribution in [0.1, 0.15) is 36.0 Å². The van der Waals surface area contributed by atoms with E-state index in [9.17, 15) is 13.2 Å². The third-order valence-electron chi connectivity index (χ3n) is 5.58.